The van der Waals surface area contributed by atoms with Crippen LogP contribution in [0.2, 0.25) is 0 Å². The van der Waals surface area contributed by atoms with Gasteiger partial charge in [-0.15, -0.1) is 0 Å². The molecule has 0 bridgehead atoms. The number of benzene rings is 2. The van der Waals surface area contributed by atoms with E-state index >= 15 is 0 Å². The zero-order valence-electron chi connectivity index (χ0n) is 13.8. The van der Waals surface area contributed by atoms with E-state index in [0.29, 0.717) is 11.4 Å². The second-order valence-corrected chi connectivity index (χ2v) is 6.40. The van der Waals surface area contributed by atoms with Crippen LogP contribution < -0.4 is 21.1 Å². The maximum absolute atomic E-state index is 12.1. The molecule has 0 fully saturated rings. The van der Waals surface area contributed by atoms with E-state index < -0.39 is 11.8 Å². The van der Waals surface area contributed by atoms with Crippen molar-refractivity contribution in [3.63, 3.8) is 0 Å². The highest BCUT2D eigenvalue weighted by Gasteiger charge is 2.09. The lowest BCUT2D eigenvalue weighted by Crippen LogP contribution is -2.33. The van der Waals surface area contributed by atoms with Crippen molar-refractivity contribution in [3.05, 3.63) is 64.1 Å². The third-order valence-corrected chi connectivity index (χ3v) is 3.98. The molecule has 0 radical (unpaired) electrons. The van der Waals surface area contributed by atoms with Gasteiger partial charge in [-0.3, -0.25) is 14.9 Å². The minimum Gasteiger partial charge on any atom is -0.496 e. The van der Waals surface area contributed by atoms with Gasteiger partial charge in [0, 0.05) is 16.1 Å². The van der Waals surface area contributed by atoms with Gasteiger partial charge in [-0.05, 0) is 48.6 Å². The summed E-state index contributed by atoms with van der Waals surface area (Å²) in [5, 5.41) is 5.34. The molecule has 2 amide bonds. The summed E-state index contributed by atoms with van der Waals surface area (Å²) in [5.74, 6) is -0.390. The van der Waals surface area contributed by atoms with Crippen molar-refractivity contribution in [2.24, 2.45) is 5.73 Å². The summed E-state index contributed by atoms with van der Waals surface area (Å²) in [6, 6.07) is 12.1. The highest BCUT2D eigenvalue weighted by molar-refractivity contribution is 9.10. The fourth-order valence-corrected chi connectivity index (χ4v) is 2.70. The van der Waals surface area contributed by atoms with Crippen molar-refractivity contribution < 1.29 is 14.3 Å². The predicted octanol–water partition coefficient (Wildman–Crippen LogP) is 3.08. The van der Waals surface area contributed by atoms with E-state index in [1.54, 1.807) is 43.5 Å². The molecule has 0 spiro atoms. The number of rotatable bonds is 5. The molecule has 0 atom stereocenters. The summed E-state index contributed by atoms with van der Waals surface area (Å²) in [7, 11) is 1.55. The largest absolute Gasteiger partial charge is 0.496 e. The Labute approximate surface area is 164 Å². The van der Waals surface area contributed by atoms with Gasteiger partial charge in [0.25, 0.3) is 5.91 Å². The SMILES string of the molecule is COc1ccc(Br)cc1/C=C/C(=O)NC(=S)Nc1ccccc1C(N)=O. The summed E-state index contributed by atoms with van der Waals surface area (Å²) >= 11 is 8.47. The number of carbonyl (C=O) groups is 2. The summed E-state index contributed by atoms with van der Waals surface area (Å²) in [5.41, 5.74) is 6.73. The number of nitrogens with one attached hydrogen (secondary N) is 2. The third kappa shape index (κ3) is 5.40. The number of nitrogens with two attached hydrogens (primary N) is 1. The molecule has 2 rings (SSSR count). The Morgan fingerprint density at radius 2 is 1.96 bits per heavy atom. The van der Waals surface area contributed by atoms with Crippen molar-refractivity contribution >= 4 is 56.8 Å². The lowest BCUT2D eigenvalue weighted by atomic mass is 10.1. The number of carbonyl (C=O) groups excluding carboxylic acids is 2. The van der Waals surface area contributed by atoms with Crippen LogP contribution in [0.15, 0.2) is 53.0 Å². The second-order valence-electron chi connectivity index (χ2n) is 5.07. The first-order valence-electron chi connectivity index (χ1n) is 7.43. The number of thiocarbonyl (C=S) groups is 1. The molecule has 26 heavy (non-hydrogen) atoms. The first-order valence-corrected chi connectivity index (χ1v) is 8.63. The Balaban J connectivity index is 2.03. The van der Waals surface area contributed by atoms with Crippen LogP contribution >= 0.6 is 28.1 Å². The van der Waals surface area contributed by atoms with E-state index in [4.69, 9.17) is 22.7 Å². The van der Waals surface area contributed by atoms with Crippen LogP contribution in [-0.4, -0.2) is 24.0 Å². The first kappa shape index (κ1) is 19.6. The zero-order valence-corrected chi connectivity index (χ0v) is 16.2. The van der Waals surface area contributed by atoms with E-state index in [1.165, 1.54) is 6.08 Å². The van der Waals surface area contributed by atoms with Gasteiger partial charge < -0.3 is 15.8 Å². The smallest absolute Gasteiger partial charge is 0.250 e. The number of primary amides is 1. The monoisotopic (exact) mass is 433 g/mol. The van der Waals surface area contributed by atoms with Gasteiger partial charge in [-0.1, -0.05) is 28.1 Å². The van der Waals surface area contributed by atoms with Gasteiger partial charge in [-0.2, -0.15) is 0 Å². The molecule has 6 nitrogen and oxygen atoms in total. The maximum Gasteiger partial charge on any atom is 0.250 e. The van der Waals surface area contributed by atoms with Gasteiger partial charge >= 0.3 is 0 Å². The molecule has 0 aliphatic carbocycles. The highest BCUT2D eigenvalue weighted by Crippen LogP contribution is 2.24. The number of methoxy groups -OCH3 is 1. The fraction of sp³-hybridized carbons (Fsp3) is 0.0556. The normalized spacial score (nSPS) is 10.4. The summed E-state index contributed by atoms with van der Waals surface area (Å²) in [6.45, 7) is 0. The van der Waals surface area contributed by atoms with Crippen molar-refractivity contribution in [2.45, 2.75) is 0 Å². The minimum atomic E-state index is -0.594. The first-order chi connectivity index (χ1) is 12.4. The molecule has 0 aliphatic rings. The van der Waals surface area contributed by atoms with Crippen LogP contribution in [0.25, 0.3) is 6.08 Å². The number of anilines is 1. The van der Waals surface area contributed by atoms with Gasteiger partial charge in [0.05, 0.1) is 18.4 Å². The van der Waals surface area contributed by atoms with E-state index in [9.17, 15) is 9.59 Å². The molecule has 0 saturated carbocycles. The van der Waals surface area contributed by atoms with Crippen LogP contribution in [0.1, 0.15) is 15.9 Å². The molecule has 0 saturated heterocycles. The van der Waals surface area contributed by atoms with Crippen molar-refractivity contribution in [3.8, 4) is 5.75 Å². The van der Waals surface area contributed by atoms with Gasteiger partial charge in [0.2, 0.25) is 5.91 Å². The van der Waals surface area contributed by atoms with Crippen LogP contribution in [-0.2, 0) is 4.79 Å². The average molecular weight is 434 g/mol. The predicted molar refractivity (Wildman–Crippen MR) is 109 cm³/mol. The molecule has 8 heteroatoms. The lowest BCUT2D eigenvalue weighted by Gasteiger charge is -2.11. The Bertz CT molecular complexity index is 884. The van der Waals surface area contributed by atoms with Crippen LogP contribution in [0, 0.1) is 0 Å². The van der Waals surface area contributed by atoms with E-state index in [0.717, 1.165) is 10.0 Å². The van der Waals surface area contributed by atoms with Crippen molar-refractivity contribution in [2.75, 3.05) is 12.4 Å². The van der Waals surface area contributed by atoms with Gasteiger partial charge in [0.15, 0.2) is 5.11 Å². The second kappa shape index (κ2) is 9.12. The minimum absolute atomic E-state index is 0.0505. The number of para-hydroxylation sites is 1. The van der Waals surface area contributed by atoms with E-state index in [1.807, 2.05) is 12.1 Å². The maximum atomic E-state index is 12.1. The molecule has 0 heterocycles. The number of halogens is 1. The summed E-state index contributed by atoms with van der Waals surface area (Å²) in [4.78, 5) is 23.4. The quantitative estimate of drug-likeness (QED) is 0.497. The molecule has 0 aliphatic heterocycles. The molecular formula is C18H16BrN3O3S. The van der Waals surface area contributed by atoms with Crippen molar-refractivity contribution in [1.29, 1.82) is 0 Å². The van der Waals surface area contributed by atoms with Gasteiger partial charge in [-0.25, -0.2) is 0 Å². The van der Waals surface area contributed by atoms with E-state index in [-0.39, 0.29) is 10.7 Å². The Hall–Kier alpha value is -2.71. The standard InChI is InChI=1S/C18H16BrN3O3S/c1-25-15-8-7-12(19)10-11(15)6-9-16(23)22-18(26)21-14-5-3-2-4-13(14)17(20)24/h2-10H,1H3,(H2,20,24)(H2,21,22,23,26)/b9-6+. The fourth-order valence-electron chi connectivity index (χ4n) is 2.12. The molecular weight excluding hydrogens is 418 g/mol. The van der Waals surface area contributed by atoms with Crippen LogP contribution in [0.3, 0.4) is 0 Å². The molecule has 134 valence electrons. The topological polar surface area (TPSA) is 93.4 Å². The molecule has 2 aromatic carbocycles. The Kier molecular flexibility index (Phi) is 6.88. The van der Waals surface area contributed by atoms with Gasteiger partial charge in [0.1, 0.15) is 5.75 Å². The number of hydrogen-bond acceptors (Lipinski definition) is 4. The lowest BCUT2D eigenvalue weighted by molar-refractivity contribution is -0.115. The number of hydrogen-bond donors (Lipinski definition) is 3. The number of amides is 2. The summed E-state index contributed by atoms with van der Waals surface area (Å²) in [6.07, 6.45) is 2.94. The Morgan fingerprint density at radius 1 is 1.23 bits per heavy atom. The van der Waals surface area contributed by atoms with Crippen LogP contribution in [0.5, 0.6) is 5.75 Å². The molecule has 0 aromatic heterocycles. The van der Waals surface area contributed by atoms with E-state index in [2.05, 4.69) is 26.6 Å². The molecule has 2 aromatic rings. The molecule has 4 N–H and O–H groups in total. The third-order valence-electron chi connectivity index (χ3n) is 3.28. The van der Waals surface area contributed by atoms with Crippen molar-refractivity contribution in [1.82, 2.24) is 5.32 Å². The van der Waals surface area contributed by atoms with Crippen LogP contribution in [0.4, 0.5) is 5.69 Å². The Morgan fingerprint density at radius 3 is 2.65 bits per heavy atom. The average Bonchev–Trinajstić information content (AvgIpc) is 2.60. The number of ether oxygens (including phenoxy) is 1. The summed E-state index contributed by atoms with van der Waals surface area (Å²) < 4.78 is 6.10. The zero-order chi connectivity index (χ0) is 19.1. The highest BCUT2D eigenvalue weighted by atomic mass is 79.9. The molecule has 0 unspecified atom stereocenters.